The molecule has 27 heavy (non-hydrogen) atoms. The minimum Gasteiger partial charge on any atom is -0.495 e. The Labute approximate surface area is 160 Å². The van der Waals surface area contributed by atoms with Gasteiger partial charge in [-0.15, -0.1) is 0 Å². The standard InChI is InChI=1S/C22H26N2O3/c1-16(2)24(15-17-9-5-4-6-10-17)21(26)22(13-14-22)20(25)23-18-11-7-8-12-19(18)27-3/h4-12,16H,13-15H2,1-3H3,(H,23,25). The van der Waals surface area contributed by atoms with E-state index < -0.39 is 5.41 Å². The van der Waals surface area contributed by atoms with Crippen molar-refractivity contribution in [2.45, 2.75) is 39.3 Å². The zero-order valence-corrected chi connectivity index (χ0v) is 16.1. The molecule has 0 saturated heterocycles. The number of ether oxygens (including phenoxy) is 1. The van der Waals surface area contributed by atoms with Crippen LogP contribution in [0.5, 0.6) is 5.75 Å². The van der Waals surface area contributed by atoms with Gasteiger partial charge in [0.25, 0.3) is 0 Å². The van der Waals surface area contributed by atoms with Crippen molar-refractivity contribution in [1.29, 1.82) is 0 Å². The van der Waals surface area contributed by atoms with Gasteiger partial charge in [0.2, 0.25) is 11.8 Å². The summed E-state index contributed by atoms with van der Waals surface area (Å²) in [5.41, 5.74) is 0.670. The van der Waals surface area contributed by atoms with Gasteiger partial charge in [0.15, 0.2) is 0 Å². The summed E-state index contributed by atoms with van der Waals surface area (Å²) in [6.45, 7) is 4.46. The van der Waals surface area contributed by atoms with Crippen molar-refractivity contribution in [2.75, 3.05) is 12.4 Å². The highest BCUT2D eigenvalue weighted by molar-refractivity contribution is 6.13. The minimum atomic E-state index is -0.972. The molecular weight excluding hydrogens is 340 g/mol. The smallest absolute Gasteiger partial charge is 0.240 e. The van der Waals surface area contributed by atoms with Crippen LogP contribution in [0.2, 0.25) is 0 Å². The summed E-state index contributed by atoms with van der Waals surface area (Å²) >= 11 is 0. The van der Waals surface area contributed by atoms with Crippen LogP contribution in [-0.4, -0.2) is 29.9 Å². The normalized spacial score (nSPS) is 14.5. The van der Waals surface area contributed by atoms with E-state index in [1.165, 1.54) is 0 Å². The van der Waals surface area contributed by atoms with Crippen LogP contribution in [0.4, 0.5) is 5.69 Å². The SMILES string of the molecule is COc1ccccc1NC(=O)C1(C(=O)N(Cc2ccccc2)C(C)C)CC1. The lowest BCUT2D eigenvalue weighted by atomic mass is 10.0. The van der Waals surface area contributed by atoms with E-state index in [-0.39, 0.29) is 17.9 Å². The number of hydrogen-bond acceptors (Lipinski definition) is 3. The molecule has 1 saturated carbocycles. The van der Waals surface area contributed by atoms with E-state index in [0.717, 1.165) is 5.56 Å². The average Bonchev–Trinajstić information content (AvgIpc) is 3.49. The van der Waals surface area contributed by atoms with Gasteiger partial charge in [-0.1, -0.05) is 42.5 Å². The fraction of sp³-hybridized carbons (Fsp3) is 0.364. The van der Waals surface area contributed by atoms with Gasteiger partial charge in [-0.2, -0.15) is 0 Å². The third kappa shape index (κ3) is 3.97. The molecule has 1 aliphatic carbocycles. The predicted octanol–water partition coefficient (Wildman–Crippen LogP) is 3.85. The van der Waals surface area contributed by atoms with Crippen LogP contribution in [0.3, 0.4) is 0 Å². The number of methoxy groups -OCH3 is 1. The lowest BCUT2D eigenvalue weighted by Gasteiger charge is -2.30. The number of carbonyl (C=O) groups is 2. The van der Waals surface area contributed by atoms with Crippen molar-refractivity contribution in [3.05, 3.63) is 60.2 Å². The van der Waals surface area contributed by atoms with Crippen LogP contribution in [0, 0.1) is 5.41 Å². The topological polar surface area (TPSA) is 58.6 Å². The summed E-state index contributed by atoms with van der Waals surface area (Å²) in [5, 5.41) is 2.89. The molecule has 0 unspecified atom stereocenters. The fourth-order valence-electron chi connectivity index (χ4n) is 3.20. The molecule has 3 rings (SSSR count). The minimum absolute atomic E-state index is 0.00856. The summed E-state index contributed by atoms with van der Waals surface area (Å²) in [6.07, 6.45) is 1.15. The first-order chi connectivity index (χ1) is 13.0. The largest absolute Gasteiger partial charge is 0.495 e. The van der Waals surface area contributed by atoms with Crippen molar-refractivity contribution < 1.29 is 14.3 Å². The Morgan fingerprint density at radius 3 is 2.30 bits per heavy atom. The lowest BCUT2D eigenvalue weighted by Crippen LogP contribution is -2.45. The second-order valence-electron chi connectivity index (χ2n) is 7.25. The maximum Gasteiger partial charge on any atom is 0.240 e. The second kappa shape index (κ2) is 7.82. The summed E-state index contributed by atoms with van der Waals surface area (Å²) in [7, 11) is 1.56. The molecule has 0 aliphatic heterocycles. The summed E-state index contributed by atoms with van der Waals surface area (Å²) in [6, 6.07) is 17.1. The quantitative estimate of drug-likeness (QED) is 0.757. The zero-order valence-electron chi connectivity index (χ0n) is 16.1. The molecule has 1 N–H and O–H groups in total. The van der Waals surface area contributed by atoms with Crippen molar-refractivity contribution >= 4 is 17.5 Å². The molecule has 0 heterocycles. The van der Waals surface area contributed by atoms with Gasteiger partial charge in [0.1, 0.15) is 11.2 Å². The molecule has 5 nitrogen and oxygen atoms in total. The molecular formula is C22H26N2O3. The molecule has 2 aromatic rings. The Morgan fingerprint density at radius 2 is 1.70 bits per heavy atom. The first-order valence-electron chi connectivity index (χ1n) is 9.27. The molecule has 2 amide bonds. The molecule has 0 radical (unpaired) electrons. The first-order valence-corrected chi connectivity index (χ1v) is 9.27. The van der Waals surface area contributed by atoms with Crippen LogP contribution >= 0.6 is 0 Å². The first kappa shape index (κ1) is 19.0. The van der Waals surface area contributed by atoms with Crippen LogP contribution in [0.1, 0.15) is 32.3 Å². The van der Waals surface area contributed by atoms with E-state index in [9.17, 15) is 9.59 Å². The number of anilines is 1. The number of nitrogens with zero attached hydrogens (tertiary/aromatic N) is 1. The number of para-hydroxylation sites is 2. The Kier molecular flexibility index (Phi) is 5.49. The molecule has 142 valence electrons. The third-order valence-corrected chi connectivity index (χ3v) is 5.03. The molecule has 2 aromatic carbocycles. The summed E-state index contributed by atoms with van der Waals surface area (Å²) in [5.74, 6) is 0.226. The highest BCUT2D eigenvalue weighted by Gasteiger charge is 2.58. The van der Waals surface area contributed by atoms with Gasteiger partial charge in [-0.25, -0.2) is 0 Å². The molecule has 0 spiro atoms. The molecule has 0 bridgehead atoms. The number of rotatable bonds is 7. The highest BCUT2D eigenvalue weighted by Crippen LogP contribution is 2.49. The Hall–Kier alpha value is -2.82. The van der Waals surface area contributed by atoms with Gasteiger partial charge in [-0.05, 0) is 44.4 Å². The van der Waals surface area contributed by atoms with E-state index in [1.54, 1.807) is 24.1 Å². The maximum atomic E-state index is 13.3. The van der Waals surface area contributed by atoms with Crippen LogP contribution in [0.15, 0.2) is 54.6 Å². The van der Waals surface area contributed by atoms with Crippen molar-refractivity contribution in [2.24, 2.45) is 5.41 Å². The molecule has 1 fully saturated rings. The number of amides is 2. The number of carbonyl (C=O) groups excluding carboxylic acids is 2. The highest BCUT2D eigenvalue weighted by atomic mass is 16.5. The van der Waals surface area contributed by atoms with Gasteiger partial charge in [-0.3, -0.25) is 9.59 Å². The van der Waals surface area contributed by atoms with E-state index >= 15 is 0 Å². The van der Waals surface area contributed by atoms with Gasteiger partial charge in [0.05, 0.1) is 12.8 Å². The van der Waals surface area contributed by atoms with Crippen LogP contribution in [0.25, 0.3) is 0 Å². The molecule has 0 atom stereocenters. The number of hydrogen-bond donors (Lipinski definition) is 1. The lowest BCUT2D eigenvalue weighted by molar-refractivity contribution is -0.144. The van der Waals surface area contributed by atoms with Crippen LogP contribution < -0.4 is 10.1 Å². The van der Waals surface area contributed by atoms with E-state index in [2.05, 4.69) is 5.32 Å². The van der Waals surface area contributed by atoms with E-state index in [0.29, 0.717) is 30.8 Å². The third-order valence-electron chi connectivity index (χ3n) is 5.03. The Balaban J connectivity index is 1.78. The van der Waals surface area contributed by atoms with Crippen LogP contribution in [-0.2, 0) is 16.1 Å². The second-order valence-corrected chi connectivity index (χ2v) is 7.25. The monoisotopic (exact) mass is 366 g/mol. The molecule has 1 aliphatic rings. The number of nitrogens with one attached hydrogen (secondary N) is 1. The van der Waals surface area contributed by atoms with Gasteiger partial charge in [0, 0.05) is 12.6 Å². The molecule has 5 heteroatoms. The Bertz CT molecular complexity index is 813. The Morgan fingerprint density at radius 1 is 1.07 bits per heavy atom. The molecule has 0 aromatic heterocycles. The van der Waals surface area contributed by atoms with Crippen molar-refractivity contribution in [1.82, 2.24) is 4.90 Å². The zero-order chi connectivity index (χ0) is 19.4. The van der Waals surface area contributed by atoms with Gasteiger partial charge >= 0.3 is 0 Å². The van der Waals surface area contributed by atoms with Gasteiger partial charge < -0.3 is 15.0 Å². The van der Waals surface area contributed by atoms with E-state index in [4.69, 9.17) is 4.74 Å². The summed E-state index contributed by atoms with van der Waals surface area (Å²) < 4.78 is 5.29. The maximum absolute atomic E-state index is 13.3. The summed E-state index contributed by atoms with van der Waals surface area (Å²) in [4.78, 5) is 28.1. The fourth-order valence-corrected chi connectivity index (χ4v) is 3.20. The van der Waals surface area contributed by atoms with Crippen molar-refractivity contribution in [3.63, 3.8) is 0 Å². The average molecular weight is 366 g/mol. The van der Waals surface area contributed by atoms with E-state index in [1.807, 2.05) is 56.3 Å². The van der Waals surface area contributed by atoms with Crippen molar-refractivity contribution in [3.8, 4) is 5.75 Å². The number of benzene rings is 2. The predicted molar refractivity (Wildman–Crippen MR) is 105 cm³/mol.